The third-order valence-corrected chi connectivity index (χ3v) is 3.66. The van der Waals surface area contributed by atoms with E-state index in [-0.39, 0.29) is 11.9 Å². The molecule has 0 atom stereocenters. The molecule has 0 unspecified atom stereocenters. The maximum atomic E-state index is 12.2. The molecular weight excluding hydrogens is 262 g/mol. The van der Waals surface area contributed by atoms with Crippen molar-refractivity contribution in [2.24, 2.45) is 0 Å². The number of nitrogens with zero attached hydrogens (tertiary/aromatic N) is 1. The Morgan fingerprint density at radius 2 is 2.11 bits per heavy atom. The van der Waals surface area contributed by atoms with Gasteiger partial charge < -0.3 is 10.6 Å². The average molecular weight is 282 g/mol. The lowest BCUT2D eigenvalue weighted by Gasteiger charge is -2.22. The van der Waals surface area contributed by atoms with Crippen LogP contribution in [0.25, 0.3) is 0 Å². The van der Waals surface area contributed by atoms with Crippen LogP contribution in [0.15, 0.2) is 12.1 Å². The SMILES string of the molecule is CCNc1ccc(Cl)c(C(=O)NC2CCCCC2)n1. The molecule has 1 aliphatic carbocycles. The number of anilines is 1. The van der Waals surface area contributed by atoms with Gasteiger partial charge in [-0.15, -0.1) is 0 Å². The van der Waals surface area contributed by atoms with Crippen molar-refractivity contribution in [1.82, 2.24) is 10.3 Å². The lowest BCUT2D eigenvalue weighted by molar-refractivity contribution is 0.0923. The molecule has 0 bridgehead atoms. The van der Waals surface area contributed by atoms with Crippen LogP contribution in [0.4, 0.5) is 5.82 Å². The van der Waals surface area contributed by atoms with Gasteiger partial charge in [-0.3, -0.25) is 4.79 Å². The van der Waals surface area contributed by atoms with Crippen molar-refractivity contribution < 1.29 is 4.79 Å². The predicted octanol–water partition coefficient (Wildman–Crippen LogP) is 3.23. The first-order chi connectivity index (χ1) is 9.20. The summed E-state index contributed by atoms with van der Waals surface area (Å²) in [6.45, 7) is 2.75. The van der Waals surface area contributed by atoms with Crippen LogP contribution in [-0.2, 0) is 0 Å². The maximum absolute atomic E-state index is 12.2. The number of carbonyl (C=O) groups excluding carboxylic acids is 1. The maximum Gasteiger partial charge on any atom is 0.271 e. The highest BCUT2D eigenvalue weighted by atomic mass is 35.5. The van der Waals surface area contributed by atoms with Crippen LogP contribution in [0.3, 0.4) is 0 Å². The van der Waals surface area contributed by atoms with E-state index in [4.69, 9.17) is 11.6 Å². The van der Waals surface area contributed by atoms with Crippen LogP contribution in [0.2, 0.25) is 5.02 Å². The fourth-order valence-electron chi connectivity index (χ4n) is 2.38. The molecule has 1 aromatic heterocycles. The zero-order valence-electron chi connectivity index (χ0n) is 11.2. The summed E-state index contributed by atoms with van der Waals surface area (Å²) in [6, 6.07) is 3.76. The molecule has 1 aromatic rings. The summed E-state index contributed by atoms with van der Waals surface area (Å²) in [5.74, 6) is 0.511. The third kappa shape index (κ3) is 3.83. The van der Waals surface area contributed by atoms with E-state index in [1.54, 1.807) is 12.1 Å². The molecular formula is C14H20ClN3O. The first kappa shape index (κ1) is 14.1. The first-order valence-corrected chi connectivity index (χ1v) is 7.29. The fourth-order valence-corrected chi connectivity index (χ4v) is 2.57. The summed E-state index contributed by atoms with van der Waals surface area (Å²) in [7, 11) is 0. The van der Waals surface area contributed by atoms with Crippen molar-refractivity contribution in [3.63, 3.8) is 0 Å². The summed E-state index contributed by atoms with van der Waals surface area (Å²) >= 11 is 6.06. The highest BCUT2D eigenvalue weighted by Crippen LogP contribution is 2.20. The normalized spacial score (nSPS) is 16.1. The molecule has 2 N–H and O–H groups in total. The second-order valence-electron chi connectivity index (χ2n) is 4.87. The number of hydrogen-bond donors (Lipinski definition) is 2. The minimum Gasteiger partial charge on any atom is -0.370 e. The number of nitrogens with one attached hydrogen (secondary N) is 2. The number of rotatable bonds is 4. The molecule has 1 saturated carbocycles. The van der Waals surface area contributed by atoms with Crippen molar-refractivity contribution in [2.45, 2.75) is 45.1 Å². The van der Waals surface area contributed by atoms with E-state index in [2.05, 4.69) is 15.6 Å². The van der Waals surface area contributed by atoms with Crippen LogP contribution in [0.1, 0.15) is 49.5 Å². The molecule has 1 amide bonds. The van der Waals surface area contributed by atoms with E-state index in [9.17, 15) is 4.79 Å². The number of amides is 1. The van der Waals surface area contributed by atoms with Crippen LogP contribution in [0, 0.1) is 0 Å². The van der Waals surface area contributed by atoms with Gasteiger partial charge in [0, 0.05) is 12.6 Å². The van der Waals surface area contributed by atoms with E-state index in [0.717, 1.165) is 19.4 Å². The van der Waals surface area contributed by atoms with Crippen LogP contribution in [-0.4, -0.2) is 23.5 Å². The predicted molar refractivity (Wildman–Crippen MR) is 77.7 cm³/mol. The van der Waals surface area contributed by atoms with Gasteiger partial charge in [-0.2, -0.15) is 0 Å². The van der Waals surface area contributed by atoms with Gasteiger partial charge >= 0.3 is 0 Å². The lowest BCUT2D eigenvalue weighted by atomic mass is 9.95. The molecule has 2 rings (SSSR count). The monoisotopic (exact) mass is 281 g/mol. The summed E-state index contributed by atoms with van der Waals surface area (Å²) in [6.07, 6.45) is 5.74. The van der Waals surface area contributed by atoms with Crippen molar-refractivity contribution in [1.29, 1.82) is 0 Å². The average Bonchev–Trinajstić information content (AvgIpc) is 2.42. The van der Waals surface area contributed by atoms with Crippen LogP contribution >= 0.6 is 11.6 Å². The largest absolute Gasteiger partial charge is 0.370 e. The molecule has 0 radical (unpaired) electrons. The Kier molecular flexibility index (Phi) is 5.02. The third-order valence-electron chi connectivity index (χ3n) is 3.36. The second kappa shape index (κ2) is 6.75. The smallest absolute Gasteiger partial charge is 0.271 e. The molecule has 5 heteroatoms. The quantitative estimate of drug-likeness (QED) is 0.891. The molecule has 0 saturated heterocycles. The fraction of sp³-hybridized carbons (Fsp3) is 0.571. The lowest BCUT2D eigenvalue weighted by Crippen LogP contribution is -2.36. The van der Waals surface area contributed by atoms with E-state index >= 15 is 0 Å². The van der Waals surface area contributed by atoms with Crippen LogP contribution in [0.5, 0.6) is 0 Å². The Morgan fingerprint density at radius 3 is 2.79 bits per heavy atom. The Balaban J connectivity index is 2.06. The van der Waals surface area contributed by atoms with Gasteiger partial charge in [0.2, 0.25) is 0 Å². The number of aromatic nitrogens is 1. The Bertz CT molecular complexity index is 444. The molecule has 0 aromatic carbocycles. The van der Waals surface area contributed by atoms with Gasteiger partial charge in [0.25, 0.3) is 5.91 Å². The molecule has 0 aliphatic heterocycles. The van der Waals surface area contributed by atoms with Gasteiger partial charge in [-0.05, 0) is 31.9 Å². The molecule has 104 valence electrons. The van der Waals surface area contributed by atoms with Crippen molar-refractivity contribution in [2.75, 3.05) is 11.9 Å². The zero-order chi connectivity index (χ0) is 13.7. The Labute approximate surface area is 118 Å². The van der Waals surface area contributed by atoms with Gasteiger partial charge in [0.1, 0.15) is 11.5 Å². The molecule has 0 spiro atoms. The standard InChI is InChI=1S/C14H20ClN3O/c1-2-16-12-9-8-11(15)13(18-12)14(19)17-10-6-4-3-5-7-10/h8-10H,2-7H2,1H3,(H,16,18)(H,17,19). The van der Waals surface area contributed by atoms with Gasteiger partial charge in [0.05, 0.1) is 5.02 Å². The van der Waals surface area contributed by atoms with Crippen molar-refractivity contribution in [3.05, 3.63) is 22.8 Å². The van der Waals surface area contributed by atoms with Gasteiger partial charge in [0.15, 0.2) is 0 Å². The first-order valence-electron chi connectivity index (χ1n) is 6.92. The number of halogens is 1. The van der Waals surface area contributed by atoms with E-state index in [1.165, 1.54) is 19.3 Å². The second-order valence-corrected chi connectivity index (χ2v) is 5.27. The number of pyridine rings is 1. The number of hydrogen-bond acceptors (Lipinski definition) is 3. The van der Waals surface area contributed by atoms with Gasteiger partial charge in [-0.25, -0.2) is 4.98 Å². The Morgan fingerprint density at radius 1 is 1.37 bits per heavy atom. The van der Waals surface area contributed by atoms with E-state index in [1.807, 2.05) is 6.92 Å². The topological polar surface area (TPSA) is 54.0 Å². The van der Waals surface area contributed by atoms with Gasteiger partial charge in [-0.1, -0.05) is 30.9 Å². The van der Waals surface area contributed by atoms with E-state index in [0.29, 0.717) is 16.5 Å². The summed E-state index contributed by atoms with van der Waals surface area (Å²) in [4.78, 5) is 16.5. The molecule has 1 heterocycles. The number of carbonyl (C=O) groups is 1. The van der Waals surface area contributed by atoms with Crippen LogP contribution < -0.4 is 10.6 Å². The summed E-state index contributed by atoms with van der Waals surface area (Å²) < 4.78 is 0. The van der Waals surface area contributed by atoms with E-state index < -0.39 is 0 Å². The molecule has 19 heavy (non-hydrogen) atoms. The highest BCUT2D eigenvalue weighted by molar-refractivity contribution is 6.33. The minimum absolute atomic E-state index is 0.170. The molecule has 1 fully saturated rings. The minimum atomic E-state index is -0.170. The molecule has 1 aliphatic rings. The summed E-state index contributed by atoms with van der Waals surface area (Å²) in [5.41, 5.74) is 0.311. The van der Waals surface area contributed by atoms with Crippen molar-refractivity contribution >= 4 is 23.3 Å². The molecule has 4 nitrogen and oxygen atoms in total. The summed E-state index contributed by atoms with van der Waals surface area (Å²) in [5, 5.41) is 6.51. The zero-order valence-corrected chi connectivity index (χ0v) is 12.0. The van der Waals surface area contributed by atoms with Crippen molar-refractivity contribution in [3.8, 4) is 0 Å². The highest BCUT2D eigenvalue weighted by Gasteiger charge is 2.19. The Hall–Kier alpha value is -1.29.